The molecule has 2 rings (SSSR count). The van der Waals surface area contributed by atoms with E-state index < -0.39 is 10.0 Å². The van der Waals surface area contributed by atoms with Crippen LogP contribution >= 0.6 is 0 Å². The van der Waals surface area contributed by atoms with E-state index in [9.17, 15) is 13.2 Å². The van der Waals surface area contributed by atoms with Crippen molar-refractivity contribution in [2.24, 2.45) is 0 Å². The van der Waals surface area contributed by atoms with Gasteiger partial charge in [-0.3, -0.25) is 4.79 Å². The van der Waals surface area contributed by atoms with Gasteiger partial charge >= 0.3 is 0 Å². The highest BCUT2D eigenvalue weighted by molar-refractivity contribution is 7.89. The Morgan fingerprint density at radius 2 is 1.91 bits per heavy atom. The fourth-order valence-corrected chi connectivity index (χ4v) is 3.31. The Labute approximate surface area is 130 Å². The van der Waals surface area contributed by atoms with Gasteiger partial charge in [-0.25, -0.2) is 8.42 Å². The van der Waals surface area contributed by atoms with Crippen molar-refractivity contribution in [2.75, 3.05) is 45.2 Å². The lowest BCUT2D eigenvalue weighted by Gasteiger charge is -2.26. The van der Waals surface area contributed by atoms with Gasteiger partial charge in [-0.15, -0.1) is 0 Å². The molecule has 0 saturated carbocycles. The third kappa shape index (κ3) is 5.28. The van der Waals surface area contributed by atoms with Gasteiger partial charge in [0.25, 0.3) is 5.91 Å². The molecular weight excluding hydrogens is 308 g/mol. The maximum atomic E-state index is 12.0. The van der Waals surface area contributed by atoms with Crippen LogP contribution in [0.1, 0.15) is 0 Å². The number of hydrogen-bond donors (Lipinski definition) is 1. The van der Waals surface area contributed by atoms with Crippen LogP contribution in [-0.2, 0) is 19.6 Å². The summed E-state index contributed by atoms with van der Waals surface area (Å²) >= 11 is 0. The monoisotopic (exact) mass is 328 g/mol. The molecule has 22 heavy (non-hydrogen) atoms. The molecule has 8 heteroatoms. The normalized spacial score (nSPS) is 16.2. The maximum absolute atomic E-state index is 12.0. The molecule has 0 radical (unpaired) electrons. The van der Waals surface area contributed by atoms with Crippen molar-refractivity contribution in [3.05, 3.63) is 30.3 Å². The molecule has 7 nitrogen and oxygen atoms in total. The second-order valence-electron chi connectivity index (χ2n) is 4.78. The van der Waals surface area contributed by atoms with Crippen molar-refractivity contribution in [3.8, 4) is 5.75 Å². The minimum Gasteiger partial charge on any atom is -0.484 e. The van der Waals surface area contributed by atoms with Crippen LogP contribution < -0.4 is 10.1 Å². The molecule has 0 atom stereocenters. The number of carbonyl (C=O) groups excluding carboxylic acids is 1. The predicted molar refractivity (Wildman–Crippen MR) is 81.1 cm³/mol. The van der Waals surface area contributed by atoms with Crippen molar-refractivity contribution in [1.82, 2.24) is 9.62 Å². The quantitative estimate of drug-likeness (QED) is 0.752. The summed E-state index contributed by atoms with van der Waals surface area (Å²) in [6.45, 7) is 1.49. The minimum absolute atomic E-state index is 0.0661. The summed E-state index contributed by atoms with van der Waals surface area (Å²) in [4.78, 5) is 11.6. The Balaban J connectivity index is 1.68. The molecule has 1 fully saturated rings. The average Bonchev–Trinajstić information content (AvgIpc) is 2.54. The highest BCUT2D eigenvalue weighted by Gasteiger charge is 2.23. The minimum atomic E-state index is -3.35. The number of sulfonamides is 1. The van der Waals surface area contributed by atoms with Gasteiger partial charge in [0, 0.05) is 19.6 Å². The molecule has 1 N–H and O–H groups in total. The molecule has 1 saturated heterocycles. The number of benzene rings is 1. The smallest absolute Gasteiger partial charge is 0.257 e. The number of rotatable bonds is 7. The number of nitrogens with zero attached hydrogens (tertiary/aromatic N) is 1. The summed E-state index contributed by atoms with van der Waals surface area (Å²) < 4.78 is 35.9. The van der Waals surface area contributed by atoms with Gasteiger partial charge in [-0.05, 0) is 12.1 Å². The van der Waals surface area contributed by atoms with Gasteiger partial charge < -0.3 is 14.8 Å². The molecule has 122 valence electrons. The Hall–Kier alpha value is -1.64. The summed E-state index contributed by atoms with van der Waals surface area (Å²) in [7, 11) is -3.35. The van der Waals surface area contributed by atoms with Gasteiger partial charge in [-0.2, -0.15) is 4.31 Å². The highest BCUT2D eigenvalue weighted by Crippen LogP contribution is 2.07. The molecule has 1 aliphatic rings. The van der Waals surface area contributed by atoms with Crippen molar-refractivity contribution in [2.45, 2.75) is 0 Å². The van der Waals surface area contributed by atoms with Gasteiger partial charge in [0.1, 0.15) is 5.75 Å². The first-order valence-electron chi connectivity index (χ1n) is 7.08. The van der Waals surface area contributed by atoms with Gasteiger partial charge in [0.05, 0.1) is 19.0 Å². The summed E-state index contributed by atoms with van der Waals surface area (Å²) in [5, 5.41) is 2.55. The Bertz CT molecular complexity index is 570. The fourth-order valence-electron chi connectivity index (χ4n) is 1.99. The van der Waals surface area contributed by atoms with E-state index in [0.29, 0.717) is 32.1 Å². The molecule has 0 spiro atoms. The predicted octanol–water partition coefficient (Wildman–Crippen LogP) is -0.156. The molecule has 0 aliphatic carbocycles. The van der Waals surface area contributed by atoms with Crippen LogP contribution in [0.15, 0.2) is 30.3 Å². The standard InChI is InChI=1S/C14H20N2O5S/c17-14(12-21-13-4-2-1-3-5-13)15-6-11-22(18,19)16-7-9-20-10-8-16/h1-5H,6-12H2,(H,15,17). The molecular formula is C14H20N2O5S. The van der Waals surface area contributed by atoms with E-state index in [2.05, 4.69) is 5.32 Å². The number of hydrogen-bond acceptors (Lipinski definition) is 5. The van der Waals surface area contributed by atoms with E-state index in [1.54, 1.807) is 12.1 Å². The van der Waals surface area contributed by atoms with E-state index in [4.69, 9.17) is 9.47 Å². The maximum Gasteiger partial charge on any atom is 0.257 e. The van der Waals surface area contributed by atoms with E-state index >= 15 is 0 Å². The van der Waals surface area contributed by atoms with Crippen molar-refractivity contribution in [3.63, 3.8) is 0 Å². The first-order valence-corrected chi connectivity index (χ1v) is 8.69. The Kier molecular flexibility index (Phi) is 6.17. The lowest BCUT2D eigenvalue weighted by Crippen LogP contribution is -2.44. The number of carbonyl (C=O) groups is 1. The van der Waals surface area contributed by atoms with Crippen molar-refractivity contribution < 1.29 is 22.7 Å². The molecule has 1 aliphatic heterocycles. The largest absolute Gasteiger partial charge is 0.484 e. The van der Waals surface area contributed by atoms with Crippen LogP contribution in [0.4, 0.5) is 0 Å². The van der Waals surface area contributed by atoms with Crippen LogP contribution in [0.25, 0.3) is 0 Å². The van der Waals surface area contributed by atoms with E-state index in [-0.39, 0.29) is 24.8 Å². The third-order valence-electron chi connectivity index (χ3n) is 3.16. The molecule has 1 aromatic rings. The molecule has 0 unspecified atom stereocenters. The second-order valence-corrected chi connectivity index (χ2v) is 6.87. The zero-order chi connectivity index (χ0) is 15.8. The number of nitrogens with one attached hydrogen (secondary N) is 1. The van der Waals surface area contributed by atoms with Crippen LogP contribution in [0.5, 0.6) is 5.75 Å². The summed E-state index contributed by atoms with van der Waals surface area (Å²) in [5.74, 6) is 0.129. The lowest BCUT2D eigenvalue weighted by molar-refractivity contribution is -0.122. The summed E-state index contributed by atoms with van der Waals surface area (Å²) in [6, 6.07) is 8.96. The molecule has 0 aromatic heterocycles. The fraction of sp³-hybridized carbons (Fsp3) is 0.500. The first kappa shape index (κ1) is 16.7. The van der Waals surface area contributed by atoms with Gasteiger partial charge in [0.15, 0.2) is 6.61 Å². The lowest BCUT2D eigenvalue weighted by atomic mass is 10.3. The molecule has 1 aromatic carbocycles. The zero-order valence-electron chi connectivity index (χ0n) is 12.2. The van der Waals surface area contributed by atoms with Gasteiger partial charge in [0.2, 0.25) is 10.0 Å². The van der Waals surface area contributed by atoms with E-state index in [0.717, 1.165) is 0 Å². The van der Waals surface area contributed by atoms with Crippen molar-refractivity contribution in [1.29, 1.82) is 0 Å². The third-order valence-corrected chi connectivity index (χ3v) is 5.03. The van der Waals surface area contributed by atoms with E-state index in [1.807, 2.05) is 18.2 Å². The topological polar surface area (TPSA) is 84.9 Å². The SMILES string of the molecule is O=C(COc1ccccc1)NCCS(=O)(=O)N1CCOCC1. The van der Waals surface area contributed by atoms with Gasteiger partial charge in [-0.1, -0.05) is 18.2 Å². The first-order chi connectivity index (χ1) is 10.6. The summed E-state index contributed by atoms with van der Waals surface area (Å²) in [5.41, 5.74) is 0. The number of ether oxygens (including phenoxy) is 2. The molecule has 1 heterocycles. The number of amides is 1. The van der Waals surface area contributed by atoms with Crippen LogP contribution in [0.3, 0.4) is 0 Å². The molecule has 1 amide bonds. The summed E-state index contributed by atoms with van der Waals surface area (Å²) in [6.07, 6.45) is 0. The van der Waals surface area contributed by atoms with Crippen LogP contribution in [-0.4, -0.2) is 63.8 Å². The van der Waals surface area contributed by atoms with Crippen LogP contribution in [0, 0.1) is 0 Å². The number of morpholine rings is 1. The average molecular weight is 328 g/mol. The Morgan fingerprint density at radius 1 is 1.23 bits per heavy atom. The van der Waals surface area contributed by atoms with Crippen molar-refractivity contribution >= 4 is 15.9 Å². The molecule has 0 bridgehead atoms. The van der Waals surface area contributed by atoms with Crippen LogP contribution in [0.2, 0.25) is 0 Å². The zero-order valence-corrected chi connectivity index (χ0v) is 13.0. The Morgan fingerprint density at radius 3 is 2.59 bits per heavy atom. The highest BCUT2D eigenvalue weighted by atomic mass is 32.2. The van der Waals surface area contributed by atoms with E-state index in [1.165, 1.54) is 4.31 Å². The second kappa shape index (κ2) is 8.11. The number of para-hydroxylation sites is 1.